The molecule has 4 N–H and O–H groups in total. The van der Waals surface area contributed by atoms with Gasteiger partial charge in [-0.25, -0.2) is 4.79 Å². The smallest absolute Gasteiger partial charge is 0.407 e. The standard InChI is InChI=1S/C17H23N5O2/c1-2-24-17(23)22-13-5-3-12(4-6-13)21-15-10-11(18)9-14-16(15)20-8-7-19-14/h7-10,12-13,21H,2-6,18H2,1H3,(H,22,23). The Morgan fingerprint density at radius 1 is 1.21 bits per heavy atom. The minimum atomic E-state index is -0.328. The Balaban J connectivity index is 1.61. The Morgan fingerprint density at radius 3 is 2.67 bits per heavy atom. The number of rotatable bonds is 4. The average Bonchev–Trinajstić information content (AvgIpc) is 2.57. The van der Waals surface area contributed by atoms with Crippen molar-refractivity contribution in [1.29, 1.82) is 0 Å². The van der Waals surface area contributed by atoms with E-state index in [0.29, 0.717) is 18.3 Å². The zero-order valence-corrected chi connectivity index (χ0v) is 13.8. The summed E-state index contributed by atoms with van der Waals surface area (Å²) in [6.45, 7) is 2.20. The van der Waals surface area contributed by atoms with Crippen LogP contribution in [0, 0.1) is 0 Å². The van der Waals surface area contributed by atoms with Crippen LogP contribution in [-0.2, 0) is 4.74 Å². The van der Waals surface area contributed by atoms with Crippen molar-refractivity contribution >= 4 is 28.5 Å². The number of amides is 1. The molecule has 1 fully saturated rings. The fourth-order valence-electron chi connectivity index (χ4n) is 3.15. The molecule has 0 spiro atoms. The van der Waals surface area contributed by atoms with E-state index in [1.807, 2.05) is 12.1 Å². The molecule has 0 atom stereocenters. The van der Waals surface area contributed by atoms with Crippen LogP contribution in [0.3, 0.4) is 0 Å². The number of nitrogens with one attached hydrogen (secondary N) is 2. The van der Waals surface area contributed by atoms with Gasteiger partial charge in [0, 0.05) is 30.2 Å². The Hall–Kier alpha value is -2.57. The third-order valence-electron chi connectivity index (χ3n) is 4.28. The molecule has 2 aromatic rings. The fraction of sp³-hybridized carbons (Fsp3) is 0.471. The van der Waals surface area contributed by atoms with E-state index in [-0.39, 0.29) is 12.1 Å². The molecule has 128 valence electrons. The number of anilines is 2. The van der Waals surface area contributed by atoms with Crippen LogP contribution in [-0.4, -0.2) is 34.8 Å². The molecular weight excluding hydrogens is 306 g/mol. The SMILES string of the molecule is CCOC(=O)NC1CCC(Nc2cc(N)cc3nccnc23)CC1. The van der Waals surface area contributed by atoms with Gasteiger partial charge in [0.15, 0.2) is 0 Å². The maximum atomic E-state index is 11.5. The van der Waals surface area contributed by atoms with Crippen LogP contribution in [0.5, 0.6) is 0 Å². The van der Waals surface area contributed by atoms with Gasteiger partial charge in [0.1, 0.15) is 5.52 Å². The molecule has 1 heterocycles. The molecule has 1 saturated carbocycles. The van der Waals surface area contributed by atoms with Crippen LogP contribution < -0.4 is 16.4 Å². The first-order valence-corrected chi connectivity index (χ1v) is 8.35. The van der Waals surface area contributed by atoms with E-state index in [1.165, 1.54) is 0 Å². The number of fused-ring (bicyclic) bond motifs is 1. The van der Waals surface area contributed by atoms with E-state index in [1.54, 1.807) is 19.3 Å². The summed E-state index contributed by atoms with van der Waals surface area (Å²) < 4.78 is 4.93. The largest absolute Gasteiger partial charge is 0.450 e. The highest BCUT2D eigenvalue weighted by Crippen LogP contribution is 2.27. The lowest BCUT2D eigenvalue weighted by atomic mass is 9.91. The zero-order valence-electron chi connectivity index (χ0n) is 13.8. The third-order valence-corrected chi connectivity index (χ3v) is 4.28. The summed E-state index contributed by atoms with van der Waals surface area (Å²) in [6, 6.07) is 4.24. The lowest BCUT2D eigenvalue weighted by molar-refractivity contribution is 0.144. The number of carbonyl (C=O) groups is 1. The van der Waals surface area contributed by atoms with Gasteiger partial charge in [-0.1, -0.05) is 0 Å². The predicted octanol–water partition coefficient (Wildman–Crippen LogP) is 2.68. The summed E-state index contributed by atoms with van der Waals surface area (Å²) in [5.41, 5.74) is 9.17. The second-order valence-electron chi connectivity index (χ2n) is 6.05. The summed E-state index contributed by atoms with van der Waals surface area (Å²) in [5, 5.41) is 6.45. The zero-order chi connectivity index (χ0) is 16.9. The maximum absolute atomic E-state index is 11.5. The summed E-state index contributed by atoms with van der Waals surface area (Å²) in [4.78, 5) is 20.2. The van der Waals surface area contributed by atoms with Crippen molar-refractivity contribution in [2.45, 2.75) is 44.7 Å². The molecule has 0 saturated heterocycles. The van der Waals surface area contributed by atoms with Gasteiger partial charge in [0.05, 0.1) is 17.8 Å². The molecule has 1 aromatic heterocycles. The third kappa shape index (κ3) is 3.84. The molecular formula is C17H23N5O2. The van der Waals surface area contributed by atoms with Crippen molar-refractivity contribution in [2.24, 2.45) is 0 Å². The quantitative estimate of drug-likeness (QED) is 0.745. The highest BCUT2D eigenvalue weighted by Gasteiger charge is 2.23. The molecule has 0 aliphatic heterocycles. The lowest BCUT2D eigenvalue weighted by Crippen LogP contribution is -2.40. The molecule has 24 heavy (non-hydrogen) atoms. The van der Waals surface area contributed by atoms with Crippen LogP contribution in [0.15, 0.2) is 24.5 Å². The Labute approximate surface area is 141 Å². The molecule has 1 aliphatic carbocycles. The molecule has 1 aliphatic rings. The number of carbonyl (C=O) groups excluding carboxylic acids is 1. The molecule has 1 amide bonds. The number of nitrogens with two attached hydrogens (primary N) is 1. The number of ether oxygens (including phenoxy) is 1. The Morgan fingerprint density at radius 2 is 1.92 bits per heavy atom. The summed E-state index contributed by atoms with van der Waals surface area (Å²) in [5.74, 6) is 0. The lowest BCUT2D eigenvalue weighted by Gasteiger charge is -2.30. The number of nitrogens with zero attached hydrogens (tertiary/aromatic N) is 2. The van der Waals surface area contributed by atoms with Crippen molar-refractivity contribution in [3.05, 3.63) is 24.5 Å². The van der Waals surface area contributed by atoms with E-state index in [2.05, 4.69) is 20.6 Å². The Bertz CT molecular complexity index is 713. The van der Waals surface area contributed by atoms with Crippen LogP contribution in [0.25, 0.3) is 11.0 Å². The molecule has 0 radical (unpaired) electrons. The van der Waals surface area contributed by atoms with Gasteiger partial charge in [0.25, 0.3) is 0 Å². The highest BCUT2D eigenvalue weighted by molar-refractivity contribution is 5.90. The molecule has 7 heteroatoms. The highest BCUT2D eigenvalue weighted by atomic mass is 16.5. The van der Waals surface area contributed by atoms with Gasteiger partial charge < -0.3 is 21.1 Å². The van der Waals surface area contributed by atoms with Gasteiger partial charge >= 0.3 is 6.09 Å². The van der Waals surface area contributed by atoms with Crippen molar-refractivity contribution in [3.63, 3.8) is 0 Å². The molecule has 3 rings (SSSR count). The van der Waals surface area contributed by atoms with Crippen LogP contribution >= 0.6 is 0 Å². The van der Waals surface area contributed by atoms with Crippen molar-refractivity contribution in [2.75, 3.05) is 17.7 Å². The van der Waals surface area contributed by atoms with Crippen LogP contribution in [0.4, 0.5) is 16.2 Å². The number of hydrogen-bond acceptors (Lipinski definition) is 6. The van der Waals surface area contributed by atoms with Crippen LogP contribution in [0.2, 0.25) is 0 Å². The van der Waals surface area contributed by atoms with Crippen molar-refractivity contribution in [1.82, 2.24) is 15.3 Å². The summed E-state index contributed by atoms with van der Waals surface area (Å²) in [7, 11) is 0. The summed E-state index contributed by atoms with van der Waals surface area (Å²) in [6.07, 6.45) is 6.79. The van der Waals surface area contributed by atoms with E-state index in [9.17, 15) is 4.79 Å². The van der Waals surface area contributed by atoms with E-state index in [4.69, 9.17) is 10.5 Å². The number of hydrogen-bond donors (Lipinski definition) is 3. The molecule has 1 aromatic carbocycles. The number of aromatic nitrogens is 2. The van der Waals surface area contributed by atoms with Gasteiger partial charge in [-0.15, -0.1) is 0 Å². The first kappa shape index (κ1) is 16.3. The second kappa shape index (κ2) is 7.33. The first-order chi connectivity index (χ1) is 11.7. The topological polar surface area (TPSA) is 102 Å². The van der Waals surface area contributed by atoms with Crippen molar-refractivity contribution in [3.8, 4) is 0 Å². The van der Waals surface area contributed by atoms with E-state index in [0.717, 1.165) is 42.4 Å². The van der Waals surface area contributed by atoms with Crippen molar-refractivity contribution < 1.29 is 9.53 Å². The monoisotopic (exact) mass is 329 g/mol. The number of nitrogen functional groups attached to an aromatic ring is 1. The number of alkyl carbamates (subject to hydrolysis) is 1. The van der Waals surface area contributed by atoms with Gasteiger partial charge in [-0.2, -0.15) is 0 Å². The predicted molar refractivity (Wildman–Crippen MR) is 93.8 cm³/mol. The van der Waals surface area contributed by atoms with Gasteiger partial charge in [0.2, 0.25) is 0 Å². The van der Waals surface area contributed by atoms with Gasteiger partial charge in [-0.3, -0.25) is 9.97 Å². The summed E-state index contributed by atoms with van der Waals surface area (Å²) >= 11 is 0. The maximum Gasteiger partial charge on any atom is 0.407 e. The van der Waals surface area contributed by atoms with Crippen LogP contribution in [0.1, 0.15) is 32.6 Å². The van der Waals surface area contributed by atoms with E-state index < -0.39 is 0 Å². The minimum Gasteiger partial charge on any atom is -0.450 e. The van der Waals surface area contributed by atoms with E-state index >= 15 is 0 Å². The van der Waals surface area contributed by atoms with Gasteiger partial charge in [-0.05, 0) is 44.7 Å². The average molecular weight is 329 g/mol. The molecule has 0 unspecified atom stereocenters. The second-order valence-corrected chi connectivity index (χ2v) is 6.05. The fourth-order valence-corrected chi connectivity index (χ4v) is 3.15. The molecule has 7 nitrogen and oxygen atoms in total. The molecule has 0 bridgehead atoms. The minimum absolute atomic E-state index is 0.180. The normalized spacial score (nSPS) is 20.5. The number of benzene rings is 1. The Kier molecular flexibility index (Phi) is 4.98. The first-order valence-electron chi connectivity index (χ1n) is 8.35.